The summed E-state index contributed by atoms with van der Waals surface area (Å²) in [6, 6.07) is 6.96. The molecule has 2 aromatic rings. The topological polar surface area (TPSA) is 69.2 Å². The summed E-state index contributed by atoms with van der Waals surface area (Å²) in [5.41, 5.74) is 1.03. The van der Waals surface area contributed by atoms with Crippen LogP contribution < -0.4 is 69.0 Å². The fraction of sp³-hybridized carbons (Fsp3) is 0.200. The number of para-hydroxylation sites is 1. The Hall–Kier alpha value is 0.428. The van der Waals surface area contributed by atoms with Crippen LogP contribution in [0.1, 0.15) is 12.5 Å². The predicted octanol–water partition coefficient (Wildman–Crippen LogP) is -2.54. The Kier molecular flexibility index (Phi) is 7.97. The fourth-order valence-electron chi connectivity index (χ4n) is 1.50. The van der Waals surface area contributed by atoms with Gasteiger partial charge in [0.1, 0.15) is 0 Å². The minimum absolute atomic E-state index is 0. The first kappa shape index (κ1) is 17.4. The summed E-state index contributed by atoms with van der Waals surface area (Å²) < 4.78 is 1.10. The summed E-state index contributed by atoms with van der Waals surface area (Å²) in [6.07, 6.45) is 0.771. The van der Waals surface area contributed by atoms with E-state index in [0.717, 1.165) is 16.6 Å². The van der Waals surface area contributed by atoms with Crippen LogP contribution in [0.4, 0.5) is 0 Å². The third-order valence-electron chi connectivity index (χ3n) is 2.23. The van der Waals surface area contributed by atoms with E-state index in [1.54, 1.807) is 12.1 Å². The molecule has 5 nitrogen and oxygen atoms in total. The normalized spacial score (nSPS) is 9.24. The van der Waals surface area contributed by atoms with Gasteiger partial charge in [-0.25, -0.2) is 5.10 Å². The van der Waals surface area contributed by atoms with Crippen molar-refractivity contribution in [2.24, 2.45) is 0 Å². The second-order valence-corrected chi connectivity index (χ2v) is 3.10. The molecule has 0 saturated heterocycles. The maximum atomic E-state index is 11.3. The van der Waals surface area contributed by atoms with E-state index in [1.807, 2.05) is 19.1 Å². The van der Waals surface area contributed by atoms with Gasteiger partial charge < -0.3 is 14.8 Å². The van der Waals surface area contributed by atoms with Crippen molar-refractivity contribution in [3.8, 4) is 11.7 Å². The van der Waals surface area contributed by atoms with Crippen molar-refractivity contribution in [1.29, 1.82) is 0 Å². The average molecular weight is 476 g/mol. The number of rotatable bonds is 2. The molecular weight excluding hydrogens is 466 g/mol. The Morgan fingerprint density at radius 2 is 2.06 bits per heavy atom. The number of hydrogen-bond acceptors (Lipinski definition) is 3. The van der Waals surface area contributed by atoms with Gasteiger partial charge in [0.15, 0.2) is 5.69 Å². The monoisotopic (exact) mass is 476 g/mol. The van der Waals surface area contributed by atoms with Gasteiger partial charge in [-0.1, -0.05) is 31.2 Å². The SMILES string of the molecule is CCc1ccccc1-n1c(O)n[n-]c1=O.[Rb+].[Re]. The largest absolute Gasteiger partial charge is 1.00 e. The van der Waals surface area contributed by atoms with Crippen molar-refractivity contribution in [2.75, 3.05) is 0 Å². The van der Waals surface area contributed by atoms with Crippen LogP contribution in [0.25, 0.3) is 5.69 Å². The molecule has 0 aliphatic rings. The van der Waals surface area contributed by atoms with Crippen molar-refractivity contribution in [3.63, 3.8) is 0 Å². The standard InChI is InChI=1S/C10H11N3O2.Rb.Re/c1-2-7-5-3-4-6-8(7)13-9(14)11-12-10(13)15;;/h3-6H,2H2,1H3,(H2,11,12,14,15);;/q;+1;/p-1. The van der Waals surface area contributed by atoms with E-state index in [1.165, 1.54) is 0 Å². The van der Waals surface area contributed by atoms with E-state index in [2.05, 4.69) is 10.2 Å². The molecule has 1 aromatic heterocycles. The first-order valence-corrected chi connectivity index (χ1v) is 4.63. The van der Waals surface area contributed by atoms with Crippen LogP contribution in [0.15, 0.2) is 29.1 Å². The molecule has 0 saturated carbocycles. The maximum Gasteiger partial charge on any atom is 1.00 e. The van der Waals surface area contributed by atoms with Crippen LogP contribution in [-0.2, 0) is 26.8 Å². The van der Waals surface area contributed by atoms with Crippen molar-refractivity contribution in [2.45, 2.75) is 13.3 Å². The summed E-state index contributed by atoms with van der Waals surface area (Å²) in [7, 11) is 0. The molecule has 0 amide bonds. The van der Waals surface area contributed by atoms with Crippen LogP contribution in [0, 0.1) is 0 Å². The van der Waals surface area contributed by atoms with E-state index in [-0.39, 0.29) is 84.6 Å². The van der Waals surface area contributed by atoms with E-state index in [4.69, 9.17) is 0 Å². The van der Waals surface area contributed by atoms with E-state index in [0.29, 0.717) is 5.69 Å². The van der Waals surface area contributed by atoms with Gasteiger partial charge in [-0.3, -0.25) is 4.79 Å². The molecule has 0 spiro atoms. The molecule has 2 rings (SSSR count). The Bertz CT molecular complexity index is 538. The summed E-state index contributed by atoms with van der Waals surface area (Å²) in [4.78, 5) is 11.3. The third kappa shape index (κ3) is 3.69. The molecule has 7 heteroatoms. The Morgan fingerprint density at radius 1 is 1.41 bits per heavy atom. The summed E-state index contributed by atoms with van der Waals surface area (Å²) >= 11 is 0. The fourth-order valence-corrected chi connectivity index (χ4v) is 1.50. The van der Waals surface area contributed by atoms with Gasteiger partial charge in [0.25, 0.3) is 0 Å². The molecule has 0 fully saturated rings. The first-order valence-electron chi connectivity index (χ1n) is 4.63. The minimum atomic E-state index is -0.562. The molecule has 17 heavy (non-hydrogen) atoms. The number of aryl methyl sites for hydroxylation is 1. The van der Waals surface area contributed by atoms with Gasteiger partial charge in [-0.15, -0.1) is 0 Å². The minimum Gasteiger partial charge on any atom is -0.495 e. The number of hydrogen-bond donors (Lipinski definition) is 1. The Morgan fingerprint density at radius 3 is 2.59 bits per heavy atom. The Balaban J connectivity index is 0.00000128. The Labute approximate surface area is 161 Å². The molecule has 0 bridgehead atoms. The van der Waals surface area contributed by atoms with Crippen molar-refractivity contribution in [1.82, 2.24) is 14.8 Å². The second kappa shape index (κ2) is 7.77. The third-order valence-corrected chi connectivity index (χ3v) is 2.23. The van der Waals surface area contributed by atoms with Crippen LogP contribution in [0.2, 0.25) is 0 Å². The number of benzene rings is 1. The first-order chi connectivity index (χ1) is 7.24. The summed E-state index contributed by atoms with van der Waals surface area (Å²) in [6.45, 7) is 1.98. The molecule has 0 aliphatic heterocycles. The number of aromatic hydroxyl groups is 1. The van der Waals surface area contributed by atoms with Gasteiger partial charge in [-0.2, -0.15) is 0 Å². The number of nitrogens with zero attached hydrogens (tertiary/aromatic N) is 3. The molecular formula is C10H10N3O2RbRe. The van der Waals surface area contributed by atoms with Gasteiger partial charge in [0.2, 0.25) is 6.01 Å². The zero-order valence-corrected chi connectivity index (χ0v) is 17.2. The summed E-state index contributed by atoms with van der Waals surface area (Å²) in [5.74, 6) is 0. The molecule has 0 aliphatic carbocycles. The van der Waals surface area contributed by atoms with Crippen LogP contribution in [-0.4, -0.2) is 14.8 Å². The molecule has 0 atom stereocenters. The number of aromatic nitrogens is 3. The van der Waals surface area contributed by atoms with Gasteiger partial charge in [-0.05, 0) is 17.7 Å². The molecule has 1 heterocycles. The quantitative estimate of drug-likeness (QED) is 0.520. The zero-order chi connectivity index (χ0) is 10.8. The van der Waals surface area contributed by atoms with Crippen molar-refractivity contribution in [3.05, 3.63) is 40.3 Å². The van der Waals surface area contributed by atoms with Gasteiger partial charge in [0, 0.05) is 20.4 Å². The predicted molar refractivity (Wildman–Crippen MR) is 54.2 cm³/mol. The maximum absolute atomic E-state index is 11.3. The molecule has 1 radical (unpaired) electrons. The zero-order valence-electron chi connectivity index (χ0n) is 9.59. The molecule has 1 N–H and O–H groups in total. The van der Waals surface area contributed by atoms with Crippen LogP contribution in [0.3, 0.4) is 0 Å². The van der Waals surface area contributed by atoms with Gasteiger partial charge in [0.05, 0.1) is 0 Å². The molecule has 0 unspecified atom stereocenters. The van der Waals surface area contributed by atoms with Crippen molar-refractivity contribution >= 4 is 0 Å². The smallest absolute Gasteiger partial charge is 0.495 e. The second-order valence-electron chi connectivity index (χ2n) is 3.10. The van der Waals surface area contributed by atoms with E-state index >= 15 is 0 Å². The van der Waals surface area contributed by atoms with E-state index in [9.17, 15) is 9.90 Å². The molecule has 85 valence electrons. The van der Waals surface area contributed by atoms with E-state index < -0.39 is 5.69 Å². The van der Waals surface area contributed by atoms with Gasteiger partial charge >= 0.3 is 58.2 Å². The van der Waals surface area contributed by atoms with Crippen molar-refractivity contribution < 1.29 is 83.7 Å². The molecule has 1 aromatic carbocycles. The van der Waals surface area contributed by atoms with Crippen LogP contribution in [0.5, 0.6) is 6.01 Å². The summed E-state index contributed by atoms with van der Waals surface area (Å²) in [5, 5.41) is 16.0. The van der Waals surface area contributed by atoms with Crippen LogP contribution >= 0.6 is 0 Å². The average Bonchev–Trinajstić information content (AvgIpc) is 2.59.